The summed E-state index contributed by atoms with van der Waals surface area (Å²) in [5.74, 6) is -0.395. The summed E-state index contributed by atoms with van der Waals surface area (Å²) in [6, 6.07) is 5.35. The fraction of sp³-hybridized carbons (Fsp3) is 0.200. The highest BCUT2D eigenvalue weighted by atomic mass is 16.5. The van der Waals surface area contributed by atoms with Crippen LogP contribution >= 0.6 is 0 Å². The minimum Gasteiger partial charge on any atom is -0.444 e. The molecule has 1 heterocycles. The largest absolute Gasteiger partial charge is 0.444 e. The van der Waals surface area contributed by atoms with Gasteiger partial charge in [-0.3, -0.25) is 10.1 Å². The smallest absolute Gasteiger partial charge is 0.411 e. The van der Waals surface area contributed by atoms with Crippen molar-refractivity contribution in [1.29, 1.82) is 0 Å². The molecule has 5 nitrogen and oxygen atoms in total. The highest BCUT2D eigenvalue weighted by molar-refractivity contribution is 5.88. The Balaban J connectivity index is 2.28. The molecule has 0 saturated heterocycles. The second kappa shape index (κ2) is 3.61. The first-order valence-electron chi connectivity index (χ1n) is 4.49. The molecular weight excluding hydrogens is 196 g/mol. The molecule has 0 aromatic heterocycles. The third kappa shape index (κ3) is 2.07. The number of nitrogens with two attached hydrogens (primary N) is 1. The standard InChI is InChI=1S/C10H10N2O3/c11-9(13)4-6-1-2-7-5-15-10(14)12-8(7)3-6/h1-3H,4-5H2,(H2,11,13)(H,12,14). The van der Waals surface area contributed by atoms with Crippen LogP contribution in [-0.4, -0.2) is 12.0 Å². The number of carbonyl (C=O) groups is 2. The maximum Gasteiger partial charge on any atom is 0.411 e. The highest BCUT2D eigenvalue weighted by Gasteiger charge is 2.15. The van der Waals surface area contributed by atoms with E-state index in [1.165, 1.54) is 0 Å². The summed E-state index contributed by atoms with van der Waals surface area (Å²) >= 11 is 0. The van der Waals surface area contributed by atoms with E-state index in [9.17, 15) is 9.59 Å². The maximum absolute atomic E-state index is 10.9. The summed E-state index contributed by atoms with van der Waals surface area (Å²) in [6.07, 6.45) is -0.303. The number of hydrogen-bond donors (Lipinski definition) is 2. The predicted octanol–water partition coefficient (Wildman–Crippen LogP) is 0.776. The van der Waals surface area contributed by atoms with Gasteiger partial charge in [-0.15, -0.1) is 0 Å². The van der Waals surface area contributed by atoms with Gasteiger partial charge in [0.1, 0.15) is 6.61 Å². The van der Waals surface area contributed by atoms with Gasteiger partial charge in [-0.1, -0.05) is 12.1 Å². The highest BCUT2D eigenvalue weighted by Crippen LogP contribution is 2.22. The Kier molecular flexibility index (Phi) is 2.29. The van der Waals surface area contributed by atoms with Gasteiger partial charge in [-0.2, -0.15) is 0 Å². The van der Waals surface area contributed by atoms with Crippen molar-refractivity contribution in [2.75, 3.05) is 5.32 Å². The number of hydrogen-bond acceptors (Lipinski definition) is 3. The number of amides is 2. The number of fused-ring (bicyclic) bond motifs is 1. The normalized spacial score (nSPS) is 13.7. The van der Waals surface area contributed by atoms with Gasteiger partial charge in [0.15, 0.2) is 0 Å². The molecule has 1 aliphatic heterocycles. The molecule has 3 N–H and O–H groups in total. The van der Waals surface area contributed by atoms with Gasteiger partial charge in [-0.05, 0) is 11.6 Å². The number of carbonyl (C=O) groups excluding carboxylic acids is 2. The molecule has 0 bridgehead atoms. The van der Waals surface area contributed by atoms with Crippen molar-refractivity contribution in [3.63, 3.8) is 0 Å². The van der Waals surface area contributed by atoms with Crippen molar-refractivity contribution in [1.82, 2.24) is 0 Å². The van der Waals surface area contributed by atoms with Gasteiger partial charge in [0.25, 0.3) is 0 Å². The van der Waals surface area contributed by atoms with E-state index < -0.39 is 12.0 Å². The van der Waals surface area contributed by atoms with Crippen LogP contribution in [0, 0.1) is 0 Å². The summed E-state index contributed by atoms with van der Waals surface area (Å²) in [5, 5.41) is 2.56. The molecule has 1 aliphatic rings. The molecule has 0 fully saturated rings. The van der Waals surface area contributed by atoms with Gasteiger partial charge in [0.2, 0.25) is 5.91 Å². The van der Waals surface area contributed by atoms with Crippen LogP contribution in [0.4, 0.5) is 10.5 Å². The van der Waals surface area contributed by atoms with Crippen molar-refractivity contribution in [2.45, 2.75) is 13.0 Å². The van der Waals surface area contributed by atoms with Crippen LogP contribution in [0.5, 0.6) is 0 Å². The van der Waals surface area contributed by atoms with Gasteiger partial charge in [0.05, 0.1) is 12.1 Å². The van der Waals surface area contributed by atoms with Gasteiger partial charge in [-0.25, -0.2) is 4.79 Å². The molecule has 0 atom stereocenters. The Labute approximate surface area is 86.2 Å². The van der Waals surface area contributed by atoms with Crippen LogP contribution in [-0.2, 0) is 22.6 Å². The second-order valence-electron chi connectivity index (χ2n) is 3.34. The first-order valence-corrected chi connectivity index (χ1v) is 4.49. The molecule has 15 heavy (non-hydrogen) atoms. The average molecular weight is 206 g/mol. The van der Waals surface area contributed by atoms with Crippen molar-refractivity contribution < 1.29 is 14.3 Å². The third-order valence-electron chi connectivity index (χ3n) is 2.15. The van der Waals surface area contributed by atoms with E-state index in [2.05, 4.69) is 5.32 Å². The molecule has 2 rings (SSSR count). The molecule has 1 aromatic rings. The quantitative estimate of drug-likeness (QED) is 0.750. The third-order valence-corrected chi connectivity index (χ3v) is 2.15. The van der Waals surface area contributed by atoms with E-state index in [0.29, 0.717) is 5.69 Å². The summed E-state index contributed by atoms with van der Waals surface area (Å²) in [6.45, 7) is 0.262. The Morgan fingerprint density at radius 2 is 2.33 bits per heavy atom. The number of rotatable bonds is 2. The number of cyclic esters (lactones) is 1. The van der Waals surface area contributed by atoms with Crippen LogP contribution in [0.15, 0.2) is 18.2 Å². The lowest BCUT2D eigenvalue weighted by atomic mass is 10.1. The summed E-state index contributed by atoms with van der Waals surface area (Å²) < 4.78 is 4.78. The van der Waals surface area contributed by atoms with E-state index in [4.69, 9.17) is 10.5 Å². The molecule has 0 unspecified atom stereocenters. The molecule has 2 amide bonds. The molecule has 0 spiro atoms. The summed E-state index contributed by atoms with van der Waals surface area (Å²) in [7, 11) is 0. The van der Waals surface area contributed by atoms with Crippen LogP contribution in [0.25, 0.3) is 0 Å². The van der Waals surface area contributed by atoms with E-state index in [-0.39, 0.29) is 13.0 Å². The van der Waals surface area contributed by atoms with Gasteiger partial charge < -0.3 is 10.5 Å². The first kappa shape index (κ1) is 9.51. The fourth-order valence-corrected chi connectivity index (χ4v) is 1.47. The lowest BCUT2D eigenvalue weighted by Crippen LogP contribution is -2.21. The Morgan fingerprint density at radius 1 is 1.53 bits per heavy atom. The average Bonchev–Trinajstić information content (AvgIpc) is 2.16. The summed E-state index contributed by atoms with van der Waals surface area (Å²) in [5.41, 5.74) is 7.43. The van der Waals surface area contributed by atoms with Crippen molar-refractivity contribution in [3.8, 4) is 0 Å². The number of ether oxygens (including phenoxy) is 1. The minimum absolute atomic E-state index is 0.171. The Bertz CT molecular complexity index is 429. The molecule has 1 aromatic carbocycles. The Hall–Kier alpha value is -2.04. The van der Waals surface area contributed by atoms with Crippen LogP contribution in [0.1, 0.15) is 11.1 Å². The Morgan fingerprint density at radius 3 is 3.07 bits per heavy atom. The zero-order valence-electron chi connectivity index (χ0n) is 7.95. The van der Waals surface area contributed by atoms with Crippen molar-refractivity contribution in [3.05, 3.63) is 29.3 Å². The minimum atomic E-state index is -0.473. The van der Waals surface area contributed by atoms with Gasteiger partial charge in [0, 0.05) is 5.56 Å². The number of benzene rings is 1. The molecular formula is C10H10N2O3. The molecule has 5 heteroatoms. The molecule has 0 radical (unpaired) electrons. The lowest BCUT2D eigenvalue weighted by molar-refractivity contribution is -0.117. The second-order valence-corrected chi connectivity index (χ2v) is 3.34. The van der Waals surface area contributed by atoms with Crippen LogP contribution in [0.2, 0.25) is 0 Å². The molecule has 0 aliphatic carbocycles. The lowest BCUT2D eigenvalue weighted by Gasteiger charge is -2.17. The summed E-state index contributed by atoms with van der Waals surface area (Å²) in [4.78, 5) is 21.6. The van der Waals surface area contributed by atoms with Crippen LogP contribution in [0.3, 0.4) is 0 Å². The fourth-order valence-electron chi connectivity index (χ4n) is 1.47. The SMILES string of the molecule is NC(=O)Cc1ccc2c(c1)NC(=O)OC2. The number of nitrogens with one attached hydrogen (secondary N) is 1. The monoisotopic (exact) mass is 206 g/mol. The van der Waals surface area contributed by atoms with E-state index >= 15 is 0 Å². The van der Waals surface area contributed by atoms with Crippen molar-refractivity contribution in [2.24, 2.45) is 5.73 Å². The zero-order chi connectivity index (χ0) is 10.8. The van der Waals surface area contributed by atoms with E-state index in [1.807, 2.05) is 6.07 Å². The van der Waals surface area contributed by atoms with Crippen molar-refractivity contribution >= 4 is 17.7 Å². The zero-order valence-corrected chi connectivity index (χ0v) is 7.95. The van der Waals surface area contributed by atoms with E-state index in [0.717, 1.165) is 11.1 Å². The molecule has 0 saturated carbocycles. The number of primary amides is 1. The van der Waals surface area contributed by atoms with Gasteiger partial charge >= 0.3 is 6.09 Å². The predicted molar refractivity (Wildman–Crippen MR) is 53.1 cm³/mol. The topological polar surface area (TPSA) is 81.4 Å². The van der Waals surface area contributed by atoms with E-state index in [1.54, 1.807) is 12.1 Å². The molecule has 78 valence electrons. The number of anilines is 1. The van der Waals surface area contributed by atoms with Crippen LogP contribution < -0.4 is 11.1 Å². The first-order chi connectivity index (χ1) is 7.15. The maximum atomic E-state index is 10.9.